The number of aryl methyl sites for hydroxylation is 1. The Morgan fingerprint density at radius 2 is 1.89 bits per heavy atom. The zero-order valence-corrected chi connectivity index (χ0v) is 10.7. The highest BCUT2D eigenvalue weighted by molar-refractivity contribution is 5.90. The summed E-state index contributed by atoms with van der Waals surface area (Å²) < 4.78 is 0. The first-order valence-electron chi connectivity index (χ1n) is 6.14. The normalized spacial score (nSPS) is 10.3. The van der Waals surface area contributed by atoms with Crippen LogP contribution < -0.4 is 0 Å². The molecule has 18 heavy (non-hydrogen) atoms. The summed E-state index contributed by atoms with van der Waals surface area (Å²) in [5.41, 5.74) is 3.13. The van der Waals surface area contributed by atoms with Gasteiger partial charge in [-0.15, -0.1) is 0 Å². The van der Waals surface area contributed by atoms with Crippen molar-refractivity contribution in [3.63, 3.8) is 0 Å². The molecule has 0 saturated carbocycles. The van der Waals surface area contributed by atoms with Gasteiger partial charge in [-0.3, -0.25) is 4.79 Å². The number of carbonyl (C=O) groups is 1. The molecule has 1 aromatic heterocycles. The molecule has 0 unspecified atom stereocenters. The molecule has 2 rings (SSSR count). The summed E-state index contributed by atoms with van der Waals surface area (Å²) in [7, 11) is 0. The van der Waals surface area contributed by atoms with Crippen LogP contribution >= 0.6 is 0 Å². The van der Waals surface area contributed by atoms with Crippen molar-refractivity contribution in [2.45, 2.75) is 26.7 Å². The van der Waals surface area contributed by atoms with E-state index >= 15 is 0 Å². The number of benzene rings is 1. The SMILES string of the molecule is CCCc1ccc(-c2ccnc(C(C)=O)n2)cc1. The molecule has 0 aliphatic rings. The van der Waals surface area contributed by atoms with Crippen LogP contribution in [0.15, 0.2) is 36.5 Å². The fourth-order valence-corrected chi connectivity index (χ4v) is 1.82. The first-order valence-corrected chi connectivity index (χ1v) is 6.14. The minimum atomic E-state index is -0.112. The van der Waals surface area contributed by atoms with E-state index in [1.54, 1.807) is 6.20 Å². The third-order valence-corrected chi connectivity index (χ3v) is 2.76. The van der Waals surface area contributed by atoms with E-state index in [0.29, 0.717) is 0 Å². The molecule has 3 nitrogen and oxygen atoms in total. The molecule has 0 aliphatic carbocycles. The van der Waals surface area contributed by atoms with Crippen LogP contribution in [-0.4, -0.2) is 15.8 Å². The van der Waals surface area contributed by atoms with Crippen LogP contribution in [0.5, 0.6) is 0 Å². The Morgan fingerprint density at radius 3 is 2.50 bits per heavy atom. The van der Waals surface area contributed by atoms with E-state index < -0.39 is 0 Å². The largest absolute Gasteiger partial charge is 0.291 e. The molecule has 1 heterocycles. The minimum Gasteiger partial charge on any atom is -0.291 e. The monoisotopic (exact) mass is 240 g/mol. The first kappa shape index (κ1) is 12.4. The average molecular weight is 240 g/mol. The van der Waals surface area contributed by atoms with Crippen molar-refractivity contribution in [1.82, 2.24) is 9.97 Å². The smallest absolute Gasteiger partial charge is 0.196 e. The first-order chi connectivity index (χ1) is 8.70. The van der Waals surface area contributed by atoms with Crippen molar-refractivity contribution < 1.29 is 4.79 Å². The summed E-state index contributed by atoms with van der Waals surface area (Å²) in [4.78, 5) is 19.5. The third-order valence-electron chi connectivity index (χ3n) is 2.76. The average Bonchev–Trinajstić information content (AvgIpc) is 2.40. The predicted molar refractivity (Wildman–Crippen MR) is 71.5 cm³/mol. The minimum absolute atomic E-state index is 0.112. The van der Waals surface area contributed by atoms with Gasteiger partial charge in [0.15, 0.2) is 11.6 Å². The Labute approximate surface area is 107 Å². The molecule has 3 heteroatoms. The lowest BCUT2D eigenvalue weighted by atomic mass is 10.1. The number of ketones is 1. The number of nitrogens with zero attached hydrogens (tertiary/aromatic N) is 2. The lowest BCUT2D eigenvalue weighted by molar-refractivity contribution is 0.100. The Balaban J connectivity index is 2.30. The number of rotatable bonds is 4. The van der Waals surface area contributed by atoms with Crippen LogP contribution in [0.2, 0.25) is 0 Å². The standard InChI is InChI=1S/C15H16N2O/c1-3-4-12-5-7-13(8-6-12)14-9-10-16-15(17-14)11(2)18/h5-10H,3-4H2,1-2H3. The molecular weight excluding hydrogens is 224 g/mol. The van der Waals surface area contributed by atoms with E-state index in [-0.39, 0.29) is 11.6 Å². The van der Waals surface area contributed by atoms with Crippen LogP contribution in [0.4, 0.5) is 0 Å². The second-order valence-corrected chi connectivity index (χ2v) is 4.27. The van der Waals surface area contributed by atoms with Gasteiger partial charge in [-0.05, 0) is 18.1 Å². The summed E-state index contributed by atoms with van der Waals surface area (Å²) >= 11 is 0. The fourth-order valence-electron chi connectivity index (χ4n) is 1.82. The van der Waals surface area contributed by atoms with Crippen molar-refractivity contribution in [2.75, 3.05) is 0 Å². The molecule has 0 aliphatic heterocycles. The zero-order chi connectivity index (χ0) is 13.0. The summed E-state index contributed by atoms with van der Waals surface area (Å²) in [5, 5.41) is 0. The number of Topliss-reactive ketones (excluding diaryl/α,β-unsaturated/α-hetero) is 1. The van der Waals surface area contributed by atoms with Crippen molar-refractivity contribution >= 4 is 5.78 Å². The van der Waals surface area contributed by atoms with Gasteiger partial charge in [0.05, 0.1) is 5.69 Å². The van der Waals surface area contributed by atoms with E-state index in [9.17, 15) is 4.79 Å². The quantitative estimate of drug-likeness (QED) is 0.770. The molecule has 92 valence electrons. The van der Waals surface area contributed by atoms with Gasteiger partial charge < -0.3 is 0 Å². The van der Waals surface area contributed by atoms with E-state index in [2.05, 4.69) is 29.0 Å². The summed E-state index contributed by atoms with van der Waals surface area (Å²) in [6.07, 6.45) is 3.85. The van der Waals surface area contributed by atoms with Gasteiger partial charge in [-0.25, -0.2) is 9.97 Å². The van der Waals surface area contributed by atoms with Crippen LogP contribution in [0.1, 0.15) is 36.5 Å². The second kappa shape index (κ2) is 5.54. The van der Waals surface area contributed by atoms with Crippen molar-refractivity contribution in [1.29, 1.82) is 0 Å². The Morgan fingerprint density at radius 1 is 1.17 bits per heavy atom. The Kier molecular flexibility index (Phi) is 3.82. The highest BCUT2D eigenvalue weighted by Gasteiger charge is 2.05. The van der Waals surface area contributed by atoms with Gasteiger partial charge in [0, 0.05) is 18.7 Å². The molecule has 1 aromatic carbocycles. The van der Waals surface area contributed by atoms with Crippen molar-refractivity contribution in [3.8, 4) is 11.3 Å². The molecule has 0 N–H and O–H groups in total. The molecule has 0 amide bonds. The lowest BCUT2D eigenvalue weighted by Gasteiger charge is -2.04. The summed E-state index contributed by atoms with van der Waals surface area (Å²) in [6, 6.07) is 10.1. The summed E-state index contributed by atoms with van der Waals surface area (Å²) in [5.74, 6) is 0.157. The van der Waals surface area contributed by atoms with E-state index in [1.807, 2.05) is 18.2 Å². The van der Waals surface area contributed by atoms with Crippen LogP contribution in [-0.2, 0) is 6.42 Å². The maximum Gasteiger partial charge on any atom is 0.196 e. The molecule has 2 aromatic rings. The number of hydrogen-bond acceptors (Lipinski definition) is 3. The maximum absolute atomic E-state index is 11.2. The van der Waals surface area contributed by atoms with Crippen molar-refractivity contribution in [3.05, 3.63) is 47.9 Å². The second-order valence-electron chi connectivity index (χ2n) is 4.27. The molecule has 0 saturated heterocycles. The van der Waals surface area contributed by atoms with E-state index in [1.165, 1.54) is 12.5 Å². The van der Waals surface area contributed by atoms with Crippen LogP contribution in [0.25, 0.3) is 11.3 Å². The van der Waals surface area contributed by atoms with Crippen LogP contribution in [0, 0.1) is 0 Å². The van der Waals surface area contributed by atoms with Gasteiger partial charge in [0.1, 0.15) is 0 Å². The van der Waals surface area contributed by atoms with Gasteiger partial charge in [-0.1, -0.05) is 37.6 Å². The van der Waals surface area contributed by atoms with Gasteiger partial charge in [-0.2, -0.15) is 0 Å². The third kappa shape index (κ3) is 2.80. The van der Waals surface area contributed by atoms with E-state index in [4.69, 9.17) is 0 Å². The van der Waals surface area contributed by atoms with Gasteiger partial charge >= 0.3 is 0 Å². The van der Waals surface area contributed by atoms with Crippen molar-refractivity contribution in [2.24, 2.45) is 0 Å². The molecule has 0 spiro atoms. The van der Waals surface area contributed by atoms with Gasteiger partial charge in [0.2, 0.25) is 0 Å². The fraction of sp³-hybridized carbons (Fsp3) is 0.267. The molecule has 0 radical (unpaired) electrons. The zero-order valence-electron chi connectivity index (χ0n) is 10.7. The Hall–Kier alpha value is -2.03. The highest BCUT2D eigenvalue weighted by atomic mass is 16.1. The van der Waals surface area contributed by atoms with Crippen LogP contribution in [0.3, 0.4) is 0 Å². The number of aromatic nitrogens is 2. The molecule has 0 fully saturated rings. The van der Waals surface area contributed by atoms with Gasteiger partial charge in [0.25, 0.3) is 0 Å². The maximum atomic E-state index is 11.2. The predicted octanol–water partition coefficient (Wildman–Crippen LogP) is 3.30. The molecular formula is C15H16N2O. The Bertz CT molecular complexity index is 547. The number of hydrogen-bond donors (Lipinski definition) is 0. The van der Waals surface area contributed by atoms with E-state index in [0.717, 1.165) is 24.1 Å². The molecule has 0 bridgehead atoms. The lowest BCUT2D eigenvalue weighted by Crippen LogP contribution is -2.01. The number of carbonyl (C=O) groups excluding carboxylic acids is 1. The molecule has 0 atom stereocenters. The highest BCUT2D eigenvalue weighted by Crippen LogP contribution is 2.17. The topological polar surface area (TPSA) is 42.9 Å². The summed E-state index contributed by atoms with van der Waals surface area (Å²) in [6.45, 7) is 3.64.